The van der Waals surface area contributed by atoms with Crippen LogP contribution in [0.15, 0.2) is 30.3 Å². The van der Waals surface area contributed by atoms with Crippen molar-refractivity contribution in [3.63, 3.8) is 0 Å². The Balaban J connectivity index is 0.000000364. The summed E-state index contributed by atoms with van der Waals surface area (Å²) in [6.45, 7) is 0. The van der Waals surface area contributed by atoms with Gasteiger partial charge in [-0.3, -0.25) is 0 Å². The molecule has 1 rings (SSSR count). The number of aliphatic hydroxyl groups excluding tert-OH is 2. The van der Waals surface area contributed by atoms with Gasteiger partial charge in [-0.1, -0.05) is 18.2 Å². The van der Waals surface area contributed by atoms with Crippen molar-refractivity contribution >= 4 is 40.5 Å². The third kappa shape index (κ3) is 8.69. The van der Waals surface area contributed by atoms with Gasteiger partial charge in [0.25, 0.3) is 10.3 Å². The number of nitrogens with one attached hydrogen (secondary N) is 1. The molecule has 5 N–H and O–H groups in total. The van der Waals surface area contributed by atoms with Crippen LogP contribution in [0.2, 0.25) is 0 Å². The van der Waals surface area contributed by atoms with E-state index in [9.17, 15) is 0 Å². The molecule has 0 aromatic heterocycles. The van der Waals surface area contributed by atoms with E-state index in [1.165, 1.54) is 0 Å². The molecule has 0 aliphatic heterocycles. The lowest BCUT2D eigenvalue weighted by molar-refractivity contribution is 0.560. The van der Waals surface area contributed by atoms with Gasteiger partial charge in [-0.15, -0.1) is 0 Å². The van der Waals surface area contributed by atoms with Crippen molar-refractivity contribution < 1.29 is 10.2 Å². The van der Waals surface area contributed by atoms with Crippen molar-refractivity contribution in [1.29, 1.82) is 0 Å². The maximum Gasteiger partial charge on any atom is 0.258 e. The first kappa shape index (κ1) is 12.6. The maximum atomic E-state index is 8.63. The molecule has 0 aliphatic rings. The van der Waals surface area contributed by atoms with Crippen molar-refractivity contribution in [2.45, 2.75) is 0 Å². The Morgan fingerprint density at radius 3 is 1.93 bits per heavy atom. The van der Waals surface area contributed by atoms with E-state index in [0.29, 0.717) is 0 Å². The predicted molar refractivity (Wildman–Crippen MR) is 64.7 cm³/mol. The Labute approximate surface area is 92.4 Å². The third-order valence-corrected chi connectivity index (χ3v) is 1.13. The Bertz CT molecular complexity index is 299. The average molecular weight is 230 g/mol. The molecule has 76 valence electrons. The fraction of sp³-hybridized carbons (Fsp3) is 0. The van der Waals surface area contributed by atoms with Gasteiger partial charge in [0.2, 0.25) is 0 Å². The Hall–Kier alpha value is -1.40. The van der Waals surface area contributed by atoms with Crippen LogP contribution in [0.5, 0.6) is 0 Å². The number of hydrogen-bond acceptors (Lipinski definition) is 2. The number of benzene rings is 1. The van der Waals surface area contributed by atoms with Crippen LogP contribution in [0.4, 0.5) is 5.69 Å². The topological polar surface area (TPSA) is 78.5 Å². The molecular weight excluding hydrogens is 220 g/mol. The molecule has 0 radical (unpaired) electrons. The minimum atomic E-state index is -0.500. The number of anilines is 1. The highest BCUT2D eigenvalue weighted by Gasteiger charge is 1.89. The Morgan fingerprint density at radius 1 is 1.14 bits per heavy atom. The van der Waals surface area contributed by atoms with Crippen molar-refractivity contribution in [3.05, 3.63) is 30.3 Å². The summed E-state index contributed by atoms with van der Waals surface area (Å²) in [7, 11) is 0. The molecule has 1 aromatic rings. The van der Waals surface area contributed by atoms with Gasteiger partial charge in [0, 0.05) is 5.69 Å². The zero-order valence-electron chi connectivity index (χ0n) is 7.18. The summed E-state index contributed by atoms with van der Waals surface area (Å²) in [5, 5.41) is 18.1. The summed E-state index contributed by atoms with van der Waals surface area (Å²) in [6, 6.07) is 9.26. The minimum Gasteiger partial charge on any atom is -0.487 e. The second kappa shape index (κ2) is 7.05. The van der Waals surface area contributed by atoms with E-state index in [1.54, 1.807) is 0 Å². The zero-order chi connectivity index (χ0) is 11.0. The highest BCUT2D eigenvalue weighted by Crippen LogP contribution is 2.03. The molecule has 0 fully saturated rings. The average Bonchev–Trinajstić information content (AvgIpc) is 2.03. The second-order valence-electron chi connectivity index (χ2n) is 2.13. The van der Waals surface area contributed by atoms with Gasteiger partial charge in [-0.05, 0) is 36.6 Å². The van der Waals surface area contributed by atoms with Gasteiger partial charge in [0.1, 0.15) is 0 Å². The molecule has 0 bridgehead atoms. The van der Waals surface area contributed by atoms with Crippen LogP contribution in [-0.4, -0.2) is 20.6 Å². The number of aliphatic hydroxyl groups is 2. The van der Waals surface area contributed by atoms with E-state index in [-0.39, 0.29) is 5.17 Å². The number of hydrogen-bond donors (Lipinski definition) is 4. The Kier molecular flexibility index (Phi) is 6.34. The first-order chi connectivity index (χ1) is 6.52. The van der Waals surface area contributed by atoms with Crippen LogP contribution >= 0.6 is 24.4 Å². The molecule has 0 spiro atoms. The second-order valence-corrected chi connectivity index (χ2v) is 2.94. The van der Waals surface area contributed by atoms with Crippen LogP contribution in [0.25, 0.3) is 0 Å². The molecule has 0 saturated heterocycles. The van der Waals surface area contributed by atoms with Crippen LogP contribution in [0.3, 0.4) is 0 Å². The highest BCUT2D eigenvalue weighted by atomic mass is 32.1. The van der Waals surface area contributed by atoms with Crippen LogP contribution in [0.1, 0.15) is 0 Å². The summed E-state index contributed by atoms with van der Waals surface area (Å²) in [6.07, 6.45) is 0. The molecule has 0 amide bonds. The monoisotopic (exact) mass is 230 g/mol. The lowest BCUT2D eigenvalue weighted by Crippen LogP contribution is -2.05. The lowest BCUT2D eigenvalue weighted by atomic mass is 10.3. The van der Waals surface area contributed by atoms with Crippen molar-refractivity contribution in [2.75, 3.05) is 5.32 Å². The molecule has 0 aliphatic carbocycles. The zero-order valence-corrected chi connectivity index (χ0v) is 8.81. The van der Waals surface area contributed by atoms with E-state index < -0.39 is 5.17 Å². The van der Waals surface area contributed by atoms with Gasteiger partial charge in [0.05, 0.1) is 0 Å². The van der Waals surface area contributed by atoms with E-state index in [4.69, 9.17) is 10.2 Å². The number of rotatable bonds is 1. The van der Waals surface area contributed by atoms with E-state index >= 15 is 0 Å². The third-order valence-electron chi connectivity index (χ3n) is 1.03. The van der Waals surface area contributed by atoms with Gasteiger partial charge < -0.3 is 21.3 Å². The van der Waals surface area contributed by atoms with Crippen LogP contribution in [0, 0.1) is 0 Å². The van der Waals surface area contributed by atoms with E-state index in [2.05, 4.69) is 35.5 Å². The predicted octanol–water partition coefficient (Wildman–Crippen LogP) is 1.73. The summed E-state index contributed by atoms with van der Waals surface area (Å²) in [4.78, 5) is 0. The quantitative estimate of drug-likeness (QED) is 0.550. The summed E-state index contributed by atoms with van der Waals surface area (Å²) in [5.41, 5.74) is 5.20. The van der Waals surface area contributed by atoms with E-state index in [1.807, 2.05) is 30.3 Å². The molecule has 0 saturated carbocycles. The lowest BCUT2D eigenvalue weighted by Gasteiger charge is -1.99. The molecular formula is C8H10N2O2S2. The molecule has 1 aromatic carbocycles. The van der Waals surface area contributed by atoms with E-state index in [0.717, 1.165) is 5.69 Å². The summed E-state index contributed by atoms with van der Waals surface area (Å²) < 4.78 is 0. The fourth-order valence-electron chi connectivity index (χ4n) is 0.645. The smallest absolute Gasteiger partial charge is 0.258 e. The Morgan fingerprint density at radius 2 is 1.57 bits per heavy atom. The van der Waals surface area contributed by atoms with Crippen molar-refractivity contribution in [3.8, 4) is 0 Å². The number of nitrogens with two attached hydrogens (primary N) is 1. The standard InChI is InChI=1S/C7H7NOS.CH3NOS/c9-7(10)8-6-4-2-1-3-5-6;2-1(3)4/h1-5H,(H2,8,9,10);(H3,2,3,4). The molecule has 0 heterocycles. The number of para-hydroxylation sites is 1. The molecule has 6 heteroatoms. The SMILES string of the molecule is NC(O)=S.OC(=S)Nc1ccccc1. The molecule has 0 atom stereocenters. The fourth-order valence-corrected chi connectivity index (χ4v) is 0.763. The van der Waals surface area contributed by atoms with Gasteiger partial charge >= 0.3 is 0 Å². The van der Waals surface area contributed by atoms with Crippen molar-refractivity contribution in [1.82, 2.24) is 0 Å². The van der Waals surface area contributed by atoms with Crippen molar-refractivity contribution in [2.24, 2.45) is 5.73 Å². The van der Waals surface area contributed by atoms with Gasteiger partial charge in [-0.2, -0.15) is 0 Å². The highest BCUT2D eigenvalue weighted by molar-refractivity contribution is 7.80. The van der Waals surface area contributed by atoms with Gasteiger partial charge in [-0.25, -0.2) is 0 Å². The first-order valence-electron chi connectivity index (χ1n) is 3.55. The van der Waals surface area contributed by atoms with Crippen LogP contribution in [-0.2, 0) is 0 Å². The summed E-state index contributed by atoms with van der Waals surface area (Å²) in [5.74, 6) is 0. The molecule has 14 heavy (non-hydrogen) atoms. The minimum absolute atomic E-state index is 0.203. The molecule has 0 unspecified atom stereocenters. The normalized spacial score (nSPS) is 8.00. The first-order valence-corrected chi connectivity index (χ1v) is 4.37. The largest absolute Gasteiger partial charge is 0.487 e. The summed E-state index contributed by atoms with van der Waals surface area (Å²) >= 11 is 8.29. The van der Waals surface area contributed by atoms with Gasteiger partial charge in [0.15, 0.2) is 0 Å². The number of thiocarbonyl (C=S) groups is 2. The maximum absolute atomic E-state index is 8.63. The van der Waals surface area contributed by atoms with Crippen LogP contribution < -0.4 is 11.1 Å². The molecule has 4 nitrogen and oxygen atoms in total.